The molecule has 3 heteroatoms. The van der Waals surface area contributed by atoms with E-state index in [0.29, 0.717) is 32.2 Å². The minimum absolute atomic E-state index is 0.0123. The van der Waals surface area contributed by atoms with E-state index in [1.54, 1.807) is 0 Å². The lowest BCUT2D eigenvalue weighted by atomic mass is 10.0. The van der Waals surface area contributed by atoms with Crippen molar-refractivity contribution >= 4 is 5.69 Å². The molecule has 1 aromatic rings. The van der Waals surface area contributed by atoms with Gasteiger partial charge in [-0.3, -0.25) is 0 Å². The topological polar surface area (TPSA) is 29.5 Å². The Balaban J connectivity index is 2.20. The predicted molar refractivity (Wildman–Crippen MR) is 64.7 cm³/mol. The highest BCUT2D eigenvalue weighted by Crippen LogP contribution is 2.25. The number of nitrogens with zero attached hydrogens (tertiary/aromatic N) is 1. The summed E-state index contributed by atoms with van der Waals surface area (Å²) in [4.78, 5) is 0. The first kappa shape index (κ1) is 11.6. The Kier molecular flexibility index (Phi) is 3.28. The van der Waals surface area contributed by atoms with E-state index in [0.717, 1.165) is 5.69 Å². The Morgan fingerprint density at radius 2 is 1.69 bits per heavy atom. The van der Waals surface area contributed by atoms with Gasteiger partial charge in [0.15, 0.2) is 5.69 Å². The molecule has 1 aromatic carbocycles. The van der Waals surface area contributed by atoms with Crippen molar-refractivity contribution in [1.82, 2.24) is 4.65 Å². The van der Waals surface area contributed by atoms with E-state index in [4.69, 9.17) is 4.74 Å². The molecule has 2 rings (SSSR count). The third-order valence-corrected chi connectivity index (χ3v) is 3.25. The van der Waals surface area contributed by atoms with Crippen molar-refractivity contribution in [2.24, 2.45) is 0 Å². The summed E-state index contributed by atoms with van der Waals surface area (Å²) in [6.07, 6.45) is 0. The molecule has 0 saturated carbocycles. The lowest BCUT2D eigenvalue weighted by molar-refractivity contribution is -0.133. The van der Waals surface area contributed by atoms with Gasteiger partial charge in [0, 0.05) is 12.1 Å². The molecule has 0 unspecified atom stereocenters. The molecule has 1 fully saturated rings. The first-order valence-electron chi connectivity index (χ1n) is 5.90. The molecular formula is C13H20NO2+. The van der Waals surface area contributed by atoms with Gasteiger partial charge in [0.25, 0.3) is 0 Å². The lowest BCUT2D eigenvalue weighted by Gasteiger charge is -2.32. The number of morpholine rings is 1. The highest BCUT2D eigenvalue weighted by atomic mass is 16.6. The molecule has 0 atom stereocenters. The number of hydrogen-bond acceptors (Lipinski definition) is 2. The number of hydrogen-bond donors (Lipinski definition) is 1. The molecule has 0 aliphatic carbocycles. The monoisotopic (exact) mass is 222 g/mol. The summed E-state index contributed by atoms with van der Waals surface area (Å²) >= 11 is 0. The van der Waals surface area contributed by atoms with Crippen LogP contribution in [0.15, 0.2) is 24.3 Å². The Hall–Kier alpha value is -0.900. The van der Waals surface area contributed by atoms with Gasteiger partial charge in [0.05, 0.1) is 13.2 Å². The molecule has 1 aliphatic rings. The minimum Gasteiger partial charge on any atom is -0.369 e. The van der Waals surface area contributed by atoms with Crippen LogP contribution in [0.1, 0.15) is 25.3 Å². The standard InChI is InChI=1S/C13H20NO2/c1-11(2)12-3-5-13(6-4-12)14(15)7-9-16-10-8-14/h3-6,11,15H,7-10H2,1-2H3/q+1. The quantitative estimate of drug-likeness (QED) is 0.779. The number of ether oxygens (including phenoxy) is 1. The van der Waals surface area contributed by atoms with E-state index in [-0.39, 0.29) is 4.65 Å². The van der Waals surface area contributed by atoms with E-state index in [1.165, 1.54) is 5.56 Å². The minimum atomic E-state index is 0.0123. The maximum Gasteiger partial charge on any atom is 0.165 e. The largest absolute Gasteiger partial charge is 0.369 e. The fourth-order valence-electron chi connectivity index (χ4n) is 2.04. The number of benzene rings is 1. The summed E-state index contributed by atoms with van der Waals surface area (Å²) in [5, 5.41) is 10.4. The van der Waals surface area contributed by atoms with Gasteiger partial charge in [-0.15, -0.1) is 4.65 Å². The maximum atomic E-state index is 10.4. The summed E-state index contributed by atoms with van der Waals surface area (Å²) < 4.78 is 5.29. The van der Waals surface area contributed by atoms with Crippen molar-refractivity contribution in [3.63, 3.8) is 0 Å². The molecule has 0 aromatic heterocycles. The summed E-state index contributed by atoms with van der Waals surface area (Å²) in [5.41, 5.74) is 2.27. The Labute approximate surface area is 96.8 Å². The number of quaternary nitrogens is 1. The van der Waals surface area contributed by atoms with E-state index in [1.807, 2.05) is 12.1 Å². The van der Waals surface area contributed by atoms with Gasteiger partial charge in [-0.05, 0) is 11.5 Å². The van der Waals surface area contributed by atoms with Gasteiger partial charge in [-0.25, -0.2) is 5.21 Å². The van der Waals surface area contributed by atoms with Crippen LogP contribution < -0.4 is 4.65 Å². The van der Waals surface area contributed by atoms with E-state index >= 15 is 0 Å². The molecule has 16 heavy (non-hydrogen) atoms. The third kappa shape index (κ3) is 2.26. The molecule has 1 heterocycles. The first-order chi connectivity index (χ1) is 7.62. The van der Waals surface area contributed by atoms with Gasteiger partial charge in [-0.1, -0.05) is 26.0 Å². The SMILES string of the molecule is CC(C)c1ccc([N+]2(O)CCOCC2)cc1. The second-order valence-electron chi connectivity index (χ2n) is 4.73. The van der Waals surface area contributed by atoms with Crippen molar-refractivity contribution in [3.05, 3.63) is 29.8 Å². The Morgan fingerprint density at radius 3 is 2.19 bits per heavy atom. The van der Waals surface area contributed by atoms with Gasteiger partial charge >= 0.3 is 0 Å². The molecule has 1 saturated heterocycles. The van der Waals surface area contributed by atoms with Crippen molar-refractivity contribution in [3.8, 4) is 0 Å². The summed E-state index contributed by atoms with van der Waals surface area (Å²) in [6, 6.07) is 8.26. The van der Waals surface area contributed by atoms with Gasteiger partial charge in [-0.2, -0.15) is 0 Å². The fourth-order valence-corrected chi connectivity index (χ4v) is 2.04. The fraction of sp³-hybridized carbons (Fsp3) is 0.538. The summed E-state index contributed by atoms with van der Waals surface area (Å²) in [5.74, 6) is 0.533. The smallest absolute Gasteiger partial charge is 0.165 e. The molecular weight excluding hydrogens is 202 g/mol. The molecule has 3 nitrogen and oxygen atoms in total. The van der Waals surface area contributed by atoms with Crippen LogP contribution in [0, 0.1) is 0 Å². The highest BCUT2D eigenvalue weighted by Gasteiger charge is 2.31. The summed E-state index contributed by atoms with van der Waals surface area (Å²) in [7, 11) is 0. The van der Waals surface area contributed by atoms with Crippen LogP contribution in [0.5, 0.6) is 0 Å². The van der Waals surface area contributed by atoms with Crippen LogP contribution in [0.4, 0.5) is 5.69 Å². The molecule has 1 aliphatic heterocycles. The van der Waals surface area contributed by atoms with Gasteiger partial charge in [0.2, 0.25) is 0 Å². The molecule has 1 N–H and O–H groups in total. The van der Waals surface area contributed by atoms with Crippen LogP contribution in [0.3, 0.4) is 0 Å². The molecule has 0 spiro atoms. The maximum absolute atomic E-state index is 10.4. The second kappa shape index (κ2) is 4.53. The van der Waals surface area contributed by atoms with Crippen LogP contribution >= 0.6 is 0 Å². The lowest BCUT2D eigenvalue weighted by Crippen LogP contribution is -2.53. The average Bonchev–Trinajstić information content (AvgIpc) is 2.30. The van der Waals surface area contributed by atoms with Crippen LogP contribution in [-0.4, -0.2) is 31.5 Å². The third-order valence-electron chi connectivity index (χ3n) is 3.25. The zero-order valence-corrected chi connectivity index (χ0v) is 10.0. The molecule has 0 bridgehead atoms. The van der Waals surface area contributed by atoms with E-state index < -0.39 is 0 Å². The average molecular weight is 222 g/mol. The van der Waals surface area contributed by atoms with Crippen LogP contribution in [0.25, 0.3) is 0 Å². The zero-order chi connectivity index (χ0) is 11.6. The van der Waals surface area contributed by atoms with Crippen molar-refractivity contribution < 1.29 is 9.94 Å². The van der Waals surface area contributed by atoms with Crippen LogP contribution in [-0.2, 0) is 4.74 Å². The van der Waals surface area contributed by atoms with Gasteiger partial charge < -0.3 is 4.74 Å². The Bertz CT molecular complexity index is 339. The van der Waals surface area contributed by atoms with Crippen molar-refractivity contribution in [2.45, 2.75) is 19.8 Å². The summed E-state index contributed by atoms with van der Waals surface area (Å²) in [6.45, 7) is 6.88. The second-order valence-corrected chi connectivity index (χ2v) is 4.73. The number of rotatable bonds is 2. The molecule has 88 valence electrons. The van der Waals surface area contributed by atoms with Crippen molar-refractivity contribution in [2.75, 3.05) is 26.3 Å². The Morgan fingerprint density at radius 1 is 1.12 bits per heavy atom. The van der Waals surface area contributed by atoms with Crippen LogP contribution in [0.2, 0.25) is 0 Å². The molecule has 0 radical (unpaired) electrons. The first-order valence-corrected chi connectivity index (χ1v) is 5.90. The van der Waals surface area contributed by atoms with Crippen molar-refractivity contribution in [1.29, 1.82) is 0 Å². The van der Waals surface area contributed by atoms with Gasteiger partial charge in [0.1, 0.15) is 13.1 Å². The predicted octanol–water partition coefficient (Wildman–Crippen LogP) is 2.54. The molecule has 0 amide bonds. The van der Waals surface area contributed by atoms with E-state index in [2.05, 4.69) is 26.0 Å². The number of hydroxylamine groups is 2. The normalized spacial score (nSPS) is 20.0. The van der Waals surface area contributed by atoms with E-state index in [9.17, 15) is 5.21 Å². The zero-order valence-electron chi connectivity index (χ0n) is 10.0. The highest BCUT2D eigenvalue weighted by molar-refractivity contribution is 5.43.